The second kappa shape index (κ2) is 10.2. The van der Waals surface area contributed by atoms with Gasteiger partial charge in [0.05, 0.1) is 29.8 Å². The van der Waals surface area contributed by atoms with Crippen LogP contribution in [0.5, 0.6) is 5.75 Å². The minimum Gasteiger partial charge on any atom is -0.497 e. The van der Waals surface area contributed by atoms with Crippen molar-refractivity contribution in [3.8, 4) is 5.75 Å². The zero-order chi connectivity index (χ0) is 24.0. The van der Waals surface area contributed by atoms with E-state index in [1.165, 1.54) is 23.5 Å². The average molecular weight is 473 g/mol. The van der Waals surface area contributed by atoms with Crippen LogP contribution >= 0.6 is 0 Å². The second-order valence-electron chi connectivity index (χ2n) is 7.51. The van der Waals surface area contributed by atoms with Gasteiger partial charge in [0.2, 0.25) is 0 Å². The Hall–Kier alpha value is -4.10. The quantitative estimate of drug-likeness (QED) is 0.375. The molecule has 0 aromatic heterocycles. The summed E-state index contributed by atoms with van der Waals surface area (Å²) in [6.45, 7) is 0.0604. The van der Waals surface area contributed by atoms with E-state index in [9.17, 15) is 13.2 Å². The van der Waals surface area contributed by atoms with Crippen molar-refractivity contribution in [2.75, 3.05) is 16.7 Å². The summed E-state index contributed by atoms with van der Waals surface area (Å²) in [7, 11) is -2.49. The lowest BCUT2D eigenvalue weighted by Crippen LogP contribution is -2.32. The third-order valence-corrected chi connectivity index (χ3v) is 7.04. The normalized spacial score (nSPS) is 11.0. The number of rotatable bonds is 8. The van der Waals surface area contributed by atoms with Gasteiger partial charge in [-0.05, 0) is 54.1 Å². The van der Waals surface area contributed by atoms with E-state index in [1.54, 1.807) is 48.5 Å². The fourth-order valence-electron chi connectivity index (χ4n) is 3.53. The number of para-hydroxylation sites is 2. The van der Waals surface area contributed by atoms with Crippen molar-refractivity contribution in [1.29, 1.82) is 0 Å². The molecule has 4 rings (SSSR count). The molecule has 1 N–H and O–H groups in total. The smallest absolute Gasteiger partial charge is 0.264 e. The maximum atomic E-state index is 13.8. The summed E-state index contributed by atoms with van der Waals surface area (Å²) in [6, 6.07) is 31.2. The molecule has 0 aliphatic rings. The molecular formula is C27H24N2O4S. The number of carbonyl (C=O) groups is 1. The minimum absolute atomic E-state index is 0.0604. The van der Waals surface area contributed by atoms with E-state index >= 15 is 0 Å². The Balaban J connectivity index is 1.79. The van der Waals surface area contributed by atoms with Crippen molar-refractivity contribution in [2.45, 2.75) is 11.4 Å². The molecule has 0 unspecified atom stereocenters. The predicted molar refractivity (Wildman–Crippen MR) is 134 cm³/mol. The highest BCUT2D eigenvalue weighted by Crippen LogP contribution is 2.30. The van der Waals surface area contributed by atoms with Crippen LogP contribution in [0, 0.1) is 0 Å². The number of nitrogens with zero attached hydrogens (tertiary/aromatic N) is 1. The molecule has 0 atom stereocenters. The molecule has 7 heteroatoms. The van der Waals surface area contributed by atoms with Crippen LogP contribution < -0.4 is 14.4 Å². The van der Waals surface area contributed by atoms with E-state index in [-0.39, 0.29) is 22.7 Å². The Morgan fingerprint density at radius 3 is 2.03 bits per heavy atom. The largest absolute Gasteiger partial charge is 0.497 e. The number of benzene rings is 4. The van der Waals surface area contributed by atoms with E-state index < -0.39 is 15.9 Å². The fraction of sp³-hybridized carbons (Fsp3) is 0.0741. The third kappa shape index (κ3) is 5.10. The zero-order valence-corrected chi connectivity index (χ0v) is 19.4. The molecule has 0 bridgehead atoms. The molecular weight excluding hydrogens is 448 g/mol. The highest BCUT2D eigenvalue weighted by molar-refractivity contribution is 7.92. The van der Waals surface area contributed by atoms with Gasteiger partial charge < -0.3 is 10.1 Å². The fourth-order valence-corrected chi connectivity index (χ4v) is 5.00. The molecule has 0 saturated heterocycles. The van der Waals surface area contributed by atoms with Gasteiger partial charge in [-0.15, -0.1) is 0 Å². The van der Waals surface area contributed by atoms with E-state index in [0.717, 1.165) is 5.56 Å². The van der Waals surface area contributed by atoms with Gasteiger partial charge in [-0.3, -0.25) is 9.10 Å². The summed E-state index contributed by atoms with van der Waals surface area (Å²) in [5, 5.41) is 2.85. The summed E-state index contributed by atoms with van der Waals surface area (Å²) in [4.78, 5) is 13.3. The molecule has 0 spiro atoms. The van der Waals surface area contributed by atoms with Crippen LogP contribution in [0.15, 0.2) is 114 Å². The molecule has 0 aliphatic carbocycles. The monoisotopic (exact) mass is 472 g/mol. The van der Waals surface area contributed by atoms with Crippen molar-refractivity contribution in [2.24, 2.45) is 0 Å². The molecule has 0 saturated carbocycles. The van der Waals surface area contributed by atoms with Crippen LogP contribution in [-0.2, 0) is 16.6 Å². The molecule has 1 amide bonds. The van der Waals surface area contributed by atoms with Gasteiger partial charge in [0, 0.05) is 5.69 Å². The van der Waals surface area contributed by atoms with Gasteiger partial charge in [-0.1, -0.05) is 60.7 Å². The first-order chi connectivity index (χ1) is 16.5. The number of sulfonamides is 1. The topological polar surface area (TPSA) is 75.7 Å². The summed E-state index contributed by atoms with van der Waals surface area (Å²) in [6.07, 6.45) is 0. The number of anilines is 2. The van der Waals surface area contributed by atoms with Gasteiger partial charge in [0.1, 0.15) is 5.75 Å². The Bertz CT molecular complexity index is 1360. The maximum Gasteiger partial charge on any atom is 0.264 e. The number of ether oxygens (including phenoxy) is 1. The maximum absolute atomic E-state index is 13.8. The Morgan fingerprint density at radius 2 is 1.38 bits per heavy atom. The Labute approximate surface area is 199 Å². The first-order valence-electron chi connectivity index (χ1n) is 10.7. The summed E-state index contributed by atoms with van der Waals surface area (Å²) < 4.78 is 34.1. The van der Waals surface area contributed by atoms with E-state index in [1.807, 2.05) is 48.5 Å². The Kier molecular flexibility index (Phi) is 6.94. The van der Waals surface area contributed by atoms with Gasteiger partial charge in [-0.25, -0.2) is 8.42 Å². The molecule has 172 valence electrons. The highest BCUT2D eigenvalue weighted by Gasteiger charge is 2.28. The molecule has 0 radical (unpaired) electrons. The number of amides is 1. The standard InChI is InChI=1S/C27H24N2O4S/c1-33-23-16-18-24(19-17-23)34(31,32)29(20-21-10-4-2-5-11-21)26-15-9-8-14-25(26)27(30)28-22-12-6-3-7-13-22/h2-19H,20H2,1H3,(H,28,30). The minimum atomic E-state index is -4.01. The van der Waals surface area contributed by atoms with Crippen molar-refractivity contribution >= 4 is 27.3 Å². The van der Waals surface area contributed by atoms with Crippen molar-refractivity contribution in [3.63, 3.8) is 0 Å². The molecule has 0 heterocycles. The molecule has 4 aromatic carbocycles. The van der Waals surface area contributed by atoms with Gasteiger partial charge in [-0.2, -0.15) is 0 Å². The van der Waals surface area contributed by atoms with Crippen LogP contribution in [0.3, 0.4) is 0 Å². The number of hydrogen-bond acceptors (Lipinski definition) is 4. The van der Waals surface area contributed by atoms with Gasteiger partial charge in [0.25, 0.3) is 15.9 Å². The van der Waals surface area contributed by atoms with E-state index in [0.29, 0.717) is 11.4 Å². The average Bonchev–Trinajstić information content (AvgIpc) is 2.88. The first-order valence-corrected chi connectivity index (χ1v) is 12.1. The van der Waals surface area contributed by atoms with Crippen LogP contribution in [-0.4, -0.2) is 21.4 Å². The van der Waals surface area contributed by atoms with Gasteiger partial charge in [0.15, 0.2) is 0 Å². The SMILES string of the molecule is COc1ccc(S(=O)(=O)N(Cc2ccccc2)c2ccccc2C(=O)Nc2ccccc2)cc1. The number of hydrogen-bond donors (Lipinski definition) is 1. The van der Waals surface area contributed by atoms with Crippen LogP contribution in [0.4, 0.5) is 11.4 Å². The van der Waals surface area contributed by atoms with E-state index in [2.05, 4.69) is 5.32 Å². The number of methoxy groups -OCH3 is 1. The van der Waals surface area contributed by atoms with Gasteiger partial charge >= 0.3 is 0 Å². The zero-order valence-electron chi connectivity index (χ0n) is 18.6. The summed E-state index contributed by atoms with van der Waals surface area (Å²) in [5.41, 5.74) is 1.95. The molecule has 0 fully saturated rings. The van der Waals surface area contributed by atoms with Crippen molar-refractivity contribution in [3.05, 3.63) is 120 Å². The predicted octanol–water partition coefficient (Wildman–Crippen LogP) is 5.34. The van der Waals surface area contributed by atoms with Crippen LogP contribution in [0.25, 0.3) is 0 Å². The molecule has 0 aliphatic heterocycles. The third-order valence-electron chi connectivity index (χ3n) is 5.27. The highest BCUT2D eigenvalue weighted by atomic mass is 32.2. The van der Waals surface area contributed by atoms with E-state index in [4.69, 9.17) is 4.74 Å². The lowest BCUT2D eigenvalue weighted by molar-refractivity contribution is 0.102. The van der Waals surface area contributed by atoms with Crippen molar-refractivity contribution < 1.29 is 17.9 Å². The molecule has 6 nitrogen and oxygen atoms in total. The number of carbonyl (C=O) groups excluding carboxylic acids is 1. The summed E-state index contributed by atoms with van der Waals surface area (Å²) in [5.74, 6) is 0.154. The molecule has 34 heavy (non-hydrogen) atoms. The lowest BCUT2D eigenvalue weighted by atomic mass is 10.1. The summed E-state index contributed by atoms with van der Waals surface area (Å²) >= 11 is 0. The first kappa shape index (κ1) is 23.1. The Morgan fingerprint density at radius 1 is 0.794 bits per heavy atom. The van der Waals surface area contributed by atoms with Crippen LogP contribution in [0.1, 0.15) is 15.9 Å². The van der Waals surface area contributed by atoms with Crippen LogP contribution in [0.2, 0.25) is 0 Å². The number of nitrogens with one attached hydrogen (secondary N) is 1. The molecule has 4 aromatic rings. The second-order valence-corrected chi connectivity index (χ2v) is 9.37. The van der Waals surface area contributed by atoms with Crippen molar-refractivity contribution in [1.82, 2.24) is 0 Å². The lowest BCUT2D eigenvalue weighted by Gasteiger charge is -2.26.